The van der Waals surface area contributed by atoms with E-state index in [0.717, 1.165) is 5.69 Å². The van der Waals surface area contributed by atoms with E-state index in [-0.39, 0.29) is 6.61 Å². The Morgan fingerprint density at radius 2 is 2.00 bits per heavy atom. The lowest BCUT2D eigenvalue weighted by Gasteiger charge is -2.16. The van der Waals surface area contributed by atoms with Crippen LogP contribution in [0.25, 0.3) is 11.2 Å². The van der Waals surface area contributed by atoms with Crippen LogP contribution in [-0.4, -0.2) is 75.8 Å². The van der Waals surface area contributed by atoms with E-state index in [4.69, 9.17) is 19.3 Å². The second-order valence-electron chi connectivity index (χ2n) is 6.93. The fourth-order valence-corrected chi connectivity index (χ4v) is 3.57. The van der Waals surface area contributed by atoms with Crippen molar-refractivity contribution in [1.29, 1.82) is 0 Å². The van der Waals surface area contributed by atoms with Crippen molar-refractivity contribution in [1.82, 2.24) is 24.5 Å². The average molecular weight is 452 g/mol. The molecule has 3 aromatic heterocycles. The van der Waals surface area contributed by atoms with Crippen molar-refractivity contribution in [3.63, 3.8) is 0 Å². The Balaban J connectivity index is 1.50. The Morgan fingerprint density at radius 1 is 1.16 bits per heavy atom. The molecule has 13 nitrogen and oxygen atoms in total. The topological polar surface area (TPSA) is 185 Å². The normalized spacial score (nSPS) is 24.0. The molecule has 31 heavy (non-hydrogen) atoms. The molecule has 1 aliphatic heterocycles. The highest BCUT2D eigenvalue weighted by molar-refractivity contribution is 7.51. The fourth-order valence-electron chi connectivity index (χ4n) is 3.23. The highest BCUT2D eigenvalue weighted by atomic mass is 31.2. The number of aromatic nitrogens is 5. The molecule has 5 N–H and O–H groups in total. The van der Waals surface area contributed by atoms with Gasteiger partial charge in [-0.15, -0.1) is 0 Å². The third-order valence-corrected chi connectivity index (χ3v) is 5.19. The van der Waals surface area contributed by atoms with Gasteiger partial charge in [0.2, 0.25) is 0 Å². The van der Waals surface area contributed by atoms with E-state index in [0.29, 0.717) is 23.5 Å². The van der Waals surface area contributed by atoms with Crippen molar-refractivity contribution >= 4 is 24.6 Å². The molecule has 14 heteroatoms. The van der Waals surface area contributed by atoms with Gasteiger partial charge in [0.1, 0.15) is 31.0 Å². The molecular formula is C17H21N6O7P. The van der Waals surface area contributed by atoms with Crippen LogP contribution < -0.4 is 5.32 Å². The second kappa shape index (κ2) is 8.93. The van der Waals surface area contributed by atoms with Gasteiger partial charge in [-0.2, -0.15) is 0 Å². The van der Waals surface area contributed by atoms with Crippen LogP contribution in [0.2, 0.25) is 0 Å². The Labute approximate surface area is 175 Å². The summed E-state index contributed by atoms with van der Waals surface area (Å²) in [6, 6.07) is 5.56. The van der Waals surface area contributed by atoms with Crippen molar-refractivity contribution < 1.29 is 34.0 Å². The van der Waals surface area contributed by atoms with Gasteiger partial charge in [0.05, 0.1) is 25.2 Å². The Bertz CT molecular complexity index is 1080. The van der Waals surface area contributed by atoms with Gasteiger partial charge in [0, 0.05) is 6.20 Å². The summed E-state index contributed by atoms with van der Waals surface area (Å²) < 4.78 is 23.0. The maximum absolute atomic E-state index is 10.9. The predicted octanol–water partition coefficient (Wildman–Crippen LogP) is -0.396. The van der Waals surface area contributed by atoms with Crippen LogP contribution in [0, 0.1) is 0 Å². The number of fused-ring (bicyclic) bond motifs is 1. The summed E-state index contributed by atoms with van der Waals surface area (Å²) in [5.74, 6) is 0.462. The van der Waals surface area contributed by atoms with Crippen molar-refractivity contribution in [3.05, 3.63) is 42.7 Å². The molecule has 0 unspecified atom stereocenters. The summed E-state index contributed by atoms with van der Waals surface area (Å²) in [5.41, 5.74) is 1.61. The highest BCUT2D eigenvalue weighted by Crippen LogP contribution is 2.36. The van der Waals surface area contributed by atoms with Crippen molar-refractivity contribution in [3.8, 4) is 0 Å². The first-order valence-electron chi connectivity index (χ1n) is 9.29. The number of nitrogens with one attached hydrogen (secondary N) is 1. The SMILES string of the molecule is O=P(O)(O)COC[C@H]1O[C@@H](n2cnc3c(NCc4ccccn4)ncnc32)[C@H](O)[C@@H]1O. The number of anilines is 1. The van der Waals surface area contributed by atoms with Gasteiger partial charge in [-0.05, 0) is 12.1 Å². The molecule has 0 aromatic carbocycles. The quantitative estimate of drug-likeness (QED) is 0.279. The van der Waals surface area contributed by atoms with Gasteiger partial charge in [-0.3, -0.25) is 14.1 Å². The molecule has 0 aliphatic carbocycles. The molecule has 4 rings (SSSR count). The molecule has 4 heterocycles. The van der Waals surface area contributed by atoms with Crippen LogP contribution in [0.15, 0.2) is 37.1 Å². The minimum Gasteiger partial charge on any atom is -0.387 e. The first-order valence-corrected chi connectivity index (χ1v) is 11.1. The van der Waals surface area contributed by atoms with Gasteiger partial charge in [-0.25, -0.2) is 15.0 Å². The number of aliphatic hydroxyl groups excluding tert-OH is 2. The number of hydrogen-bond acceptors (Lipinski definition) is 10. The molecule has 4 atom stereocenters. The minimum atomic E-state index is -4.35. The van der Waals surface area contributed by atoms with Gasteiger partial charge in [0.25, 0.3) is 0 Å². The van der Waals surface area contributed by atoms with Crippen LogP contribution in [0.1, 0.15) is 11.9 Å². The monoisotopic (exact) mass is 452 g/mol. The maximum atomic E-state index is 10.9. The molecule has 3 aromatic rings. The molecule has 0 radical (unpaired) electrons. The lowest BCUT2D eigenvalue weighted by molar-refractivity contribution is -0.0612. The van der Waals surface area contributed by atoms with Crippen molar-refractivity contribution in [2.75, 3.05) is 18.3 Å². The molecule has 166 valence electrons. The van der Waals surface area contributed by atoms with Gasteiger partial charge >= 0.3 is 7.60 Å². The summed E-state index contributed by atoms with van der Waals surface area (Å²) in [7, 11) is -4.35. The second-order valence-corrected chi connectivity index (χ2v) is 8.52. The van der Waals surface area contributed by atoms with E-state index in [1.54, 1.807) is 6.20 Å². The summed E-state index contributed by atoms with van der Waals surface area (Å²) in [6.45, 7) is 0.110. The summed E-state index contributed by atoms with van der Waals surface area (Å²) >= 11 is 0. The highest BCUT2D eigenvalue weighted by Gasteiger charge is 2.44. The van der Waals surface area contributed by atoms with Gasteiger partial charge in [0.15, 0.2) is 23.2 Å². The molecule has 0 saturated carbocycles. The van der Waals surface area contributed by atoms with Crippen LogP contribution >= 0.6 is 7.60 Å². The Hall–Kier alpha value is -2.51. The van der Waals surface area contributed by atoms with E-state index >= 15 is 0 Å². The van der Waals surface area contributed by atoms with Crippen LogP contribution in [-0.2, 0) is 20.6 Å². The first kappa shape index (κ1) is 21.7. The summed E-state index contributed by atoms with van der Waals surface area (Å²) in [6.07, 6.45) is -1.07. The molecule has 0 spiro atoms. The largest absolute Gasteiger partial charge is 0.387 e. The zero-order valence-electron chi connectivity index (χ0n) is 16.1. The fraction of sp³-hybridized carbons (Fsp3) is 0.412. The van der Waals surface area contributed by atoms with E-state index in [1.165, 1.54) is 17.2 Å². The number of nitrogens with zero attached hydrogens (tertiary/aromatic N) is 5. The van der Waals surface area contributed by atoms with Gasteiger partial charge in [-0.1, -0.05) is 6.07 Å². The van der Waals surface area contributed by atoms with Crippen LogP contribution in [0.5, 0.6) is 0 Å². The smallest absolute Gasteiger partial charge is 0.350 e. The molecule has 0 amide bonds. The molecule has 1 saturated heterocycles. The van der Waals surface area contributed by atoms with Crippen LogP contribution in [0.3, 0.4) is 0 Å². The third kappa shape index (κ3) is 4.88. The zero-order valence-corrected chi connectivity index (χ0v) is 17.0. The lowest BCUT2D eigenvalue weighted by atomic mass is 10.1. The predicted molar refractivity (Wildman–Crippen MR) is 106 cm³/mol. The van der Waals surface area contributed by atoms with Gasteiger partial charge < -0.3 is 34.8 Å². The van der Waals surface area contributed by atoms with E-state index < -0.39 is 38.5 Å². The number of ether oxygens (including phenoxy) is 2. The Kier molecular flexibility index (Phi) is 6.25. The maximum Gasteiger partial charge on any atom is 0.350 e. The number of rotatable bonds is 8. The van der Waals surface area contributed by atoms with E-state index in [9.17, 15) is 14.8 Å². The number of aliphatic hydroxyl groups is 2. The Morgan fingerprint density at radius 3 is 2.74 bits per heavy atom. The number of pyridine rings is 1. The molecule has 0 bridgehead atoms. The minimum absolute atomic E-state index is 0.307. The number of hydrogen-bond donors (Lipinski definition) is 5. The molecule has 1 aliphatic rings. The van der Waals surface area contributed by atoms with E-state index in [2.05, 4.69) is 25.3 Å². The molecular weight excluding hydrogens is 431 g/mol. The summed E-state index contributed by atoms with van der Waals surface area (Å²) in [5, 5.41) is 23.8. The lowest BCUT2D eigenvalue weighted by Crippen LogP contribution is -2.33. The van der Waals surface area contributed by atoms with E-state index in [1.807, 2.05) is 18.2 Å². The first-order chi connectivity index (χ1) is 14.8. The zero-order chi connectivity index (χ0) is 22.0. The van der Waals surface area contributed by atoms with Crippen LogP contribution in [0.4, 0.5) is 5.82 Å². The summed E-state index contributed by atoms with van der Waals surface area (Å²) in [4.78, 5) is 34.7. The molecule has 1 fully saturated rings. The van der Waals surface area contributed by atoms with Crippen molar-refractivity contribution in [2.45, 2.75) is 31.1 Å². The standard InChI is InChI=1S/C17H21N6O7P/c24-13-11(6-29-9-31(26,27)28)30-17(14(13)25)23-8-22-12-15(20-7-21-16(12)23)19-5-10-3-1-2-4-18-10/h1-4,7-8,11,13-14,17,24-25H,5-6,9H2,(H,19,20,21)(H2,26,27,28)/t11-,13-,14-,17-/m1/s1. The number of imidazole rings is 1. The average Bonchev–Trinajstić information content (AvgIpc) is 3.29. The third-order valence-electron chi connectivity index (χ3n) is 4.67. The van der Waals surface area contributed by atoms with Crippen molar-refractivity contribution in [2.24, 2.45) is 0 Å².